The minimum absolute atomic E-state index is 0.0768. The molecule has 1 atom stereocenters. The molecule has 112 valence electrons. The molecule has 1 aromatic heterocycles. The van der Waals surface area contributed by atoms with Crippen molar-refractivity contribution < 1.29 is 18.8 Å². The van der Waals surface area contributed by atoms with Crippen LogP contribution >= 0.6 is 0 Å². The van der Waals surface area contributed by atoms with E-state index in [0.29, 0.717) is 16.9 Å². The average Bonchev–Trinajstić information content (AvgIpc) is 2.82. The molecule has 0 aliphatic rings. The number of aliphatic hydroxyl groups is 1. The third-order valence-corrected chi connectivity index (χ3v) is 3.04. The van der Waals surface area contributed by atoms with Gasteiger partial charge in [-0.05, 0) is 31.5 Å². The number of aromatic nitrogens is 1. The van der Waals surface area contributed by atoms with Gasteiger partial charge in [-0.25, -0.2) is 9.18 Å². The number of urea groups is 1. The number of nitrogens with one attached hydrogen (secondary N) is 2. The SMILES string of the molecule is Cc1nocc1NC(=O)NC[C@](C)(O)c1cccc(F)c1. The van der Waals surface area contributed by atoms with Crippen LogP contribution in [0.25, 0.3) is 0 Å². The van der Waals surface area contributed by atoms with Crippen molar-refractivity contribution in [3.8, 4) is 0 Å². The molecule has 0 saturated carbocycles. The van der Waals surface area contributed by atoms with Crippen molar-refractivity contribution in [2.24, 2.45) is 0 Å². The lowest BCUT2D eigenvalue weighted by Crippen LogP contribution is -2.40. The first kappa shape index (κ1) is 15.0. The molecule has 0 bridgehead atoms. The topological polar surface area (TPSA) is 87.4 Å². The van der Waals surface area contributed by atoms with Gasteiger partial charge in [0.2, 0.25) is 0 Å². The highest BCUT2D eigenvalue weighted by atomic mass is 19.1. The zero-order valence-electron chi connectivity index (χ0n) is 11.7. The predicted octanol–water partition coefficient (Wildman–Crippen LogP) is 2.15. The Morgan fingerprint density at radius 1 is 1.52 bits per heavy atom. The molecule has 1 heterocycles. The number of carbonyl (C=O) groups excluding carboxylic acids is 1. The second-order valence-electron chi connectivity index (χ2n) is 4.91. The van der Waals surface area contributed by atoms with Gasteiger partial charge >= 0.3 is 6.03 Å². The molecule has 2 rings (SSSR count). The highest BCUT2D eigenvalue weighted by Crippen LogP contribution is 2.20. The fourth-order valence-electron chi connectivity index (χ4n) is 1.76. The molecule has 0 saturated heterocycles. The first-order valence-corrected chi connectivity index (χ1v) is 6.33. The summed E-state index contributed by atoms with van der Waals surface area (Å²) in [5, 5.41) is 19.0. The molecule has 7 heteroatoms. The van der Waals surface area contributed by atoms with Crippen molar-refractivity contribution in [2.75, 3.05) is 11.9 Å². The standard InChI is InChI=1S/C14H16FN3O3/c1-9-12(7-21-18-9)17-13(19)16-8-14(2,20)10-4-3-5-11(15)6-10/h3-7,20H,8H2,1-2H3,(H2,16,17,19)/t14-/m0/s1. The van der Waals surface area contributed by atoms with E-state index in [2.05, 4.69) is 15.8 Å². The van der Waals surface area contributed by atoms with Gasteiger partial charge in [0.05, 0.1) is 6.54 Å². The number of benzene rings is 1. The minimum Gasteiger partial charge on any atom is -0.384 e. The van der Waals surface area contributed by atoms with E-state index in [1.54, 1.807) is 13.0 Å². The minimum atomic E-state index is -1.39. The molecular formula is C14H16FN3O3. The lowest BCUT2D eigenvalue weighted by atomic mass is 9.96. The van der Waals surface area contributed by atoms with Gasteiger partial charge in [0.25, 0.3) is 0 Å². The maximum atomic E-state index is 13.2. The van der Waals surface area contributed by atoms with E-state index >= 15 is 0 Å². The largest absolute Gasteiger partial charge is 0.384 e. The van der Waals surface area contributed by atoms with Crippen LogP contribution in [0.5, 0.6) is 0 Å². The lowest BCUT2D eigenvalue weighted by molar-refractivity contribution is 0.0596. The van der Waals surface area contributed by atoms with Gasteiger partial charge in [0.15, 0.2) is 0 Å². The Morgan fingerprint density at radius 2 is 2.29 bits per heavy atom. The molecular weight excluding hydrogens is 277 g/mol. The Kier molecular flexibility index (Phi) is 4.23. The van der Waals surface area contributed by atoms with Crippen LogP contribution in [0.3, 0.4) is 0 Å². The molecule has 2 aromatic rings. The molecule has 0 radical (unpaired) electrons. The number of amides is 2. The fraction of sp³-hybridized carbons (Fsp3) is 0.286. The van der Waals surface area contributed by atoms with E-state index in [4.69, 9.17) is 4.52 Å². The molecule has 0 fully saturated rings. The van der Waals surface area contributed by atoms with Crippen LogP contribution in [0.4, 0.5) is 14.9 Å². The Labute approximate surface area is 120 Å². The maximum absolute atomic E-state index is 13.2. The Balaban J connectivity index is 1.95. The summed E-state index contributed by atoms with van der Waals surface area (Å²) in [6.45, 7) is 3.10. The molecule has 2 amide bonds. The highest BCUT2D eigenvalue weighted by Gasteiger charge is 2.24. The Bertz CT molecular complexity index is 640. The first-order valence-electron chi connectivity index (χ1n) is 6.33. The summed E-state index contributed by atoms with van der Waals surface area (Å²) >= 11 is 0. The number of hydrogen-bond acceptors (Lipinski definition) is 4. The average molecular weight is 293 g/mol. The van der Waals surface area contributed by atoms with Gasteiger partial charge in [0.1, 0.15) is 29.1 Å². The summed E-state index contributed by atoms with van der Waals surface area (Å²) in [6, 6.07) is 5.09. The van der Waals surface area contributed by atoms with Crippen molar-refractivity contribution in [3.63, 3.8) is 0 Å². The Morgan fingerprint density at radius 3 is 2.90 bits per heavy atom. The second-order valence-corrected chi connectivity index (χ2v) is 4.91. The monoisotopic (exact) mass is 293 g/mol. The van der Waals surface area contributed by atoms with Gasteiger partial charge in [-0.2, -0.15) is 0 Å². The number of carbonyl (C=O) groups is 1. The number of nitrogens with zero attached hydrogens (tertiary/aromatic N) is 1. The zero-order valence-corrected chi connectivity index (χ0v) is 11.7. The van der Waals surface area contributed by atoms with E-state index in [-0.39, 0.29) is 6.54 Å². The van der Waals surface area contributed by atoms with Gasteiger partial charge in [-0.15, -0.1) is 0 Å². The van der Waals surface area contributed by atoms with Crippen LogP contribution < -0.4 is 10.6 Å². The van der Waals surface area contributed by atoms with Crippen LogP contribution in [0.15, 0.2) is 35.1 Å². The molecule has 0 unspecified atom stereocenters. The third kappa shape index (κ3) is 3.79. The van der Waals surface area contributed by atoms with Crippen LogP contribution in [-0.4, -0.2) is 22.8 Å². The van der Waals surface area contributed by atoms with Crippen molar-refractivity contribution in [3.05, 3.63) is 47.6 Å². The lowest BCUT2D eigenvalue weighted by Gasteiger charge is -2.24. The Hall–Kier alpha value is -2.41. The van der Waals surface area contributed by atoms with Crippen LogP contribution in [0, 0.1) is 12.7 Å². The van der Waals surface area contributed by atoms with Crippen molar-refractivity contribution in [2.45, 2.75) is 19.4 Å². The van der Waals surface area contributed by atoms with Crippen molar-refractivity contribution >= 4 is 11.7 Å². The van der Waals surface area contributed by atoms with E-state index in [9.17, 15) is 14.3 Å². The summed E-state index contributed by atoms with van der Waals surface area (Å²) in [7, 11) is 0. The molecule has 6 nitrogen and oxygen atoms in total. The number of hydrogen-bond donors (Lipinski definition) is 3. The number of rotatable bonds is 4. The zero-order chi connectivity index (χ0) is 15.5. The van der Waals surface area contributed by atoms with Crippen molar-refractivity contribution in [1.82, 2.24) is 10.5 Å². The van der Waals surface area contributed by atoms with E-state index in [1.807, 2.05) is 0 Å². The smallest absolute Gasteiger partial charge is 0.319 e. The maximum Gasteiger partial charge on any atom is 0.319 e. The molecule has 1 aromatic carbocycles. The number of halogens is 1. The summed E-state index contributed by atoms with van der Waals surface area (Å²) < 4.78 is 17.9. The normalized spacial score (nSPS) is 13.5. The van der Waals surface area contributed by atoms with Gasteiger partial charge in [0, 0.05) is 0 Å². The van der Waals surface area contributed by atoms with Crippen LogP contribution in [0.1, 0.15) is 18.2 Å². The van der Waals surface area contributed by atoms with Crippen LogP contribution in [-0.2, 0) is 5.60 Å². The van der Waals surface area contributed by atoms with E-state index in [1.165, 1.54) is 31.4 Å². The summed E-state index contributed by atoms with van der Waals surface area (Å²) in [6.07, 6.45) is 1.31. The van der Waals surface area contributed by atoms with Crippen molar-refractivity contribution in [1.29, 1.82) is 0 Å². The quantitative estimate of drug-likeness (QED) is 0.806. The summed E-state index contributed by atoms with van der Waals surface area (Å²) in [5.74, 6) is -0.447. The van der Waals surface area contributed by atoms with E-state index in [0.717, 1.165) is 0 Å². The van der Waals surface area contributed by atoms with E-state index < -0.39 is 17.4 Å². The molecule has 0 aliphatic carbocycles. The third-order valence-electron chi connectivity index (χ3n) is 3.04. The predicted molar refractivity (Wildman–Crippen MR) is 74.2 cm³/mol. The number of aryl methyl sites for hydroxylation is 1. The van der Waals surface area contributed by atoms with Gasteiger partial charge < -0.3 is 20.3 Å². The molecule has 21 heavy (non-hydrogen) atoms. The highest BCUT2D eigenvalue weighted by molar-refractivity contribution is 5.89. The van der Waals surface area contributed by atoms with Crippen LogP contribution in [0.2, 0.25) is 0 Å². The van der Waals surface area contributed by atoms with Gasteiger partial charge in [-0.3, -0.25) is 0 Å². The molecule has 3 N–H and O–H groups in total. The first-order chi connectivity index (χ1) is 9.88. The second kappa shape index (κ2) is 5.92. The fourth-order valence-corrected chi connectivity index (χ4v) is 1.76. The summed E-state index contributed by atoms with van der Waals surface area (Å²) in [5.41, 5.74) is -0.0211. The summed E-state index contributed by atoms with van der Waals surface area (Å²) in [4.78, 5) is 11.7. The molecule has 0 spiro atoms. The number of anilines is 1. The van der Waals surface area contributed by atoms with Gasteiger partial charge in [-0.1, -0.05) is 17.3 Å². The molecule has 0 aliphatic heterocycles.